The fraction of sp³-hybridized carbons (Fsp3) is 0.349. The highest BCUT2D eigenvalue weighted by Gasteiger charge is 2.48. The van der Waals surface area contributed by atoms with Gasteiger partial charge in [-0.05, 0) is 35.4 Å². The Morgan fingerprint density at radius 2 is 1.34 bits per heavy atom. The molecule has 58 heavy (non-hydrogen) atoms. The van der Waals surface area contributed by atoms with Gasteiger partial charge in [-0.3, -0.25) is 19.7 Å². The smallest absolute Gasteiger partial charge is 0.344 e. The lowest BCUT2D eigenvalue weighted by atomic mass is 9.90. The van der Waals surface area contributed by atoms with E-state index in [1.807, 2.05) is 67.6 Å². The van der Waals surface area contributed by atoms with E-state index in [9.17, 15) is 29.3 Å². The molecular formula is C43H45N3O12. The van der Waals surface area contributed by atoms with Crippen LogP contribution in [0.25, 0.3) is 0 Å². The van der Waals surface area contributed by atoms with Gasteiger partial charge in [-0.1, -0.05) is 85.8 Å². The van der Waals surface area contributed by atoms with E-state index in [2.05, 4.69) is 0 Å². The molecular weight excluding hydrogens is 750 g/mol. The third-order valence-electron chi connectivity index (χ3n) is 9.94. The maximum atomic E-state index is 13.3. The second-order valence-electron chi connectivity index (χ2n) is 13.9. The zero-order valence-electron chi connectivity index (χ0n) is 32.2. The summed E-state index contributed by atoms with van der Waals surface area (Å²) in [5, 5.41) is 12.0. The lowest BCUT2D eigenvalue weighted by Gasteiger charge is -2.44. The molecule has 2 aliphatic rings. The molecule has 2 fully saturated rings. The fourth-order valence-electron chi connectivity index (χ4n) is 6.75. The van der Waals surface area contributed by atoms with Crippen LogP contribution >= 0.6 is 0 Å². The summed E-state index contributed by atoms with van der Waals surface area (Å²) in [5.41, 5.74) is 1.64. The number of nitro benzene ring substituents is 1. The van der Waals surface area contributed by atoms with Crippen molar-refractivity contribution < 1.29 is 52.5 Å². The molecule has 5 atom stereocenters. The zero-order chi connectivity index (χ0) is 41.0. The Kier molecular flexibility index (Phi) is 14.2. The number of amides is 2. The van der Waals surface area contributed by atoms with E-state index in [1.54, 1.807) is 35.2 Å². The normalized spacial score (nSPS) is 20.5. The average molecular weight is 796 g/mol. The number of nitrogens with zero attached hydrogens (tertiary/aromatic N) is 3. The number of hydrogen-bond donors (Lipinski definition) is 0. The first-order chi connectivity index (χ1) is 28.1. The number of hydrogen-bond acceptors (Lipinski definition) is 12. The van der Waals surface area contributed by atoms with Gasteiger partial charge in [-0.15, -0.1) is 0 Å². The van der Waals surface area contributed by atoms with Gasteiger partial charge in [0.2, 0.25) is 5.91 Å². The summed E-state index contributed by atoms with van der Waals surface area (Å²) in [6.45, 7) is 3.91. The molecule has 2 heterocycles. The number of rotatable bonds is 15. The summed E-state index contributed by atoms with van der Waals surface area (Å²) >= 11 is 0. The van der Waals surface area contributed by atoms with Crippen molar-refractivity contribution in [3.63, 3.8) is 0 Å². The van der Waals surface area contributed by atoms with E-state index >= 15 is 0 Å². The van der Waals surface area contributed by atoms with Crippen LogP contribution in [0.15, 0.2) is 109 Å². The molecule has 15 heteroatoms. The van der Waals surface area contributed by atoms with Crippen molar-refractivity contribution in [2.24, 2.45) is 5.92 Å². The van der Waals surface area contributed by atoms with Crippen LogP contribution in [0.1, 0.15) is 45.7 Å². The molecule has 0 bridgehead atoms. The standard InChI is InChI=1S/C43H45N3O12/c1-29-39(55-25-31-12-6-3-7-13-31)37(57-43(56-26-32-14-8-4-9-15-32)40(29)58-42(50)33-16-10-5-11-17-33)27-54-38(48)28-53-36-19-18-34(24-35(36)46(51)52)41(49)45-22-20-44(21-23-45)30(2)47/h3-19,24,29,37,39-40,43H,20-23,25-28H2,1-2H3/t29-,37?,39+,40?,43+/m0/s1. The van der Waals surface area contributed by atoms with E-state index in [1.165, 1.54) is 24.0 Å². The summed E-state index contributed by atoms with van der Waals surface area (Å²) in [6, 6.07) is 31.1. The fourth-order valence-corrected chi connectivity index (χ4v) is 6.75. The highest BCUT2D eigenvalue weighted by Crippen LogP contribution is 2.34. The van der Waals surface area contributed by atoms with Crippen LogP contribution in [0.5, 0.6) is 5.75 Å². The molecule has 304 valence electrons. The van der Waals surface area contributed by atoms with E-state index in [4.69, 9.17) is 28.4 Å². The summed E-state index contributed by atoms with van der Waals surface area (Å²) in [5.74, 6) is -2.69. The molecule has 2 aliphatic heterocycles. The Morgan fingerprint density at radius 3 is 1.95 bits per heavy atom. The van der Waals surface area contributed by atoms with Gasteiger partial charge in [0, 0.05) is 50.7 Å². The minimum atomic E-state index is -1.08. The number of carbonyl (C=O) groups excluding carboxylic acids is 4. The SMILES string of the molecule is CC(=O)N1CCN(C(=O)c2ccc(OCC(=O)OCC3O[C@@H](OCc4ccccc4)C(OC(=O)c4ccccc4)[C@@H](C)[C@H]3OCc3ccccc3)c([N+](=O)[O-])c2)CC1. The molecule has 2 saturated heterocycles. The van der Waals surface area contributed by atoms with Gasteiger partial charge in [0.15, 0.2) is 24.8 Å². The number of piperazine rings is 1. The Morgan fingerprint density at radius 1 is 0.759 bits per heavy atom. The maximum Gasteiger partial charge on any atom is 0.344 e. The van der Waals surface area contributed by atoms with Crippen LogP contribution < -0.4 is 4.74 Å². The number of carbonyl (C=O) groups is 4. The maximum absolute atomic E-state index is 13.3. The average Bonchev–Trinajstić information content (AvgIpc) is 3.25. The lowest BCUT2D eigenvalue weighted by molar-refractivity contribution is -0.385. The van der Waals surface area contributed by atoms with Crippen LogP contribution in [-0.2, 0) is 46.5 Å². The highest BCUT2D eigenvalue weighted by atomic mass is 16.7. The van der Waals surface area contributed by atoms with Crippen molar-refractivity contribution >= 4 is 29.4 Å². The molecule has 0 radical (unpaired) electrons. The molecule has 0 saturated carbocycles. The molecule has 0 spiro atoms. The van der Waals surface area contributed by atoms with Crippen LogP contribution in [0, 0.1) is 16.0 Å². The summed E-state index contributed by atoms with van der Waals surface area (Å²) < 4.78 is 36.2. The van der Waals surface area contributed by atoms with E-state index < -0.39 is 65.6 Å². The monoisotopic (exact) mass is 795 g/mol. The van der Waals surface area contributed by atoms with E-state index in [0.717, 1.165) is 17.2 Å². The number of benzene rings is 4. The minimum Gasteiger partial charge on any atom is -0.475 e. The predicted octanol–water partition coefficient (Wildman–Crippen LogP) is 5.21. The zero-order valence-corrected chi connectivity index (χ0v) is 32.2. The Hall–Kier alpha value is -6.16. The van der Waals surface area contributed by atoms with Gasteiger partial charge in [-0.2, -0.15) is 0 Å². The molecule has 2 amide bonds. The minimum absolute atomic E-state index is 0.0693. The largest absolute Gasteiger partial charge is 0.475 e. The van der Waals surface area contributed by atoms with Crippen molar-refractivity contribution in [2.45, 2.75) is 51.7 Å². The Bertz CT molecular complexity index is 2030. The predicted molar refractivity (Wildman–Crippen MR) is 207 cm³/mol. The Labute approximate surface area is 335 Å². The van der Waals surface area contributed by atoms with Gasteiger partial charge < -0.3 is 38.2 Å². The molecule has 0 aliphatic carbocycles. The summed E-state index contributed by atoms with van der Waals surface area (Å²) in [6.07, 6.45) is -3.66. The van der Waals surface area contributed by atoms with Crippen molar-refractivity contribution in [3.05, 3.63) is 142 Å². The quantitative estimate of drug-likeness (QED) is 0.0875. The van der Waals surface area contributed by atoms with Gasteiger partial charge in [0.1, 0.15) is 12.7 Å². The highest BCUT2D eigenvalue weighted by molar-refractivity contribution is 5.95. The summed E-state index contributed by atoms with van der Waals surface area (Å²) in [7, 11) is 0. The third kappa shape index (κ3) is 10.8. The van der Waals surface area contributed by atoms with Crippen LogP contribution in [0.4, 0.5) is 5.69 Å². The number of esters is 2. The van der Waals surface area contributed by atoms with Gasteiger partial charge in [0.25, 0.3) is 5.91 Å². The number of nitro groups is 1. The molecule has 15 nitrogen and oxygen atoms in total. The van der Waals surface area contributed by atoms with Gasteiger partial charge >= 0.3 is 17.6 Å². The molecule has 2 unspecified atom stereocenters. The number of ether oxygens (including phenoxy) is 6. The molecule has 0 aromatic heterocycles. The van der Waals surface area contributed by atoms with Crippen molar-refractivity contribution in [1.29, 1.82) is 0 Å². The van der Waals surface area contributed by atoms with Crippen LogP contribution in [0.2, 0.25) is 0 Å². The van der Waals surface area contributed by atoms with Crippen molar-refractivity contribution in [3.8, 4) is 5.75 Å². The third-order valence-corrected chi connectivity index (χ3v) is 9.94. The summed E-state index contributed by atoms with van der Waals surface area (Å²) in [4.78, 5) is 65.7. The van der Waals surface area contributed by atoms with E-state index in [0.29, 0.717) is 18.7 Å². The molecule has 6 rings (SSSR count). The Balaban J connectivity index is 1.14. The second kappa shape index (κ2) is 19.8. The van der Waals surface area contributed by atoms with Crippen molar-refractivity contribution in [1.82, 2.24) is 9.80 Å². The van der Waals surface area contributed by atoms with Crippen LogP contribution in [0.3, 0.4) is 0 Å². The second-order valence-corrected chi connectivity index (χ2v) is 13.9. The van der Waals surface area contributed by atoms with Gasteiger partial charge in [-0.25, -0.2) is 9.59 Å². The van der Waals surface area contributed by atoms with E-state index in [-0.39, 0.29) is 50.1 Å². The van der Waals surface area contributed by atoms with Crippen molar-refractivity contribution in [2.75, 3.05) is 39.4 Å². The first-order valence-corrected chi connectivity index (χ1v) is 18.9. The first kappa shape index (κ1) is 41.5. The topological polar surface area (TPSA) is 173 Å². The first-order valence-electron chi connectivity index (χ1n) is 18.9. The molecule has 4 aromatic carbocycles. The van der Waals surface area contributed by atoms with Crippen LogP contribution in [-0.4, -0.2) is 102 Å². The molecule has 0 N–H and O–H groups in total. The molecule has 4 aromatic rings. The van der Waals surface area contributed by atoms with Gasteiger partial charge in [0.05, 0.1) is 29.8 Å². The lowest BCUT2D eigenvalue weighted by Crippen LogP contribution is -2.57.